The summed E-state index contributed by atoms with van der Waals surface area (Å²) >= 11 is 0. The molecule has 3 heteroatoms. The summed E-state index contributed by atoms with van der Waals surface area (Å²) in [5.41, 5.74) is 1.97. The fraction of sp³-hybridized carbons (Fsp3) is 0.632. The zero-order chi connectivity index (χ0) is 15.4. The lowest BCUT2D eigenvalue weighted by Gasteiger charge is -2.39. The zero-order valence-electron chi connectivity index (χ0n) is 13.7. The summed E-state index contributed by atoms with van der Waals surface area (Å²) in [6.07, 6.45) is 8.85. The Morgan fingerprint density at radius 2 is 1.64 bits per heavy atom. The minimum atomic E-state index is 0.0847. The first-order valence-electron chi connectivity index (χ1n) is 8.84. The van der Waals surface area contributed by atoms with Crippen LogP contribution < -0.4 is 5.32 Å². The molecule has 1 N–H and O–H groups in total. The fourth-order valence-corrected chi connectivity index (χ4v) is 3.84. The van der Waals surface area contributed by atoms with E-state index in [9.17, 15) is 4.79 Å². The lowest BCUT2D eigenvalue weighted by molar-refractivity contribution is 0.0887. The maximum absolute atomic E-state index is 12.3. The Morgan fingerprint density at radius 1 is 1.00 bits per heavy atom. The third-order valence-corrected chi connectivity index (χ3v) is 5.25. The van der Waals surface area contributed by atoms with Gasteiger partial charge in [0.05, 0.1) is 0 Å². The second-order valence-corrected chi connectivity index (χ2v) is 6.94. The van der Waals surface area contributed by atoms with Gasteiger partial charge in [-0.2, -0.15) is 0 Å². The molecule has 1 amide bonds. The van der Waals surface area contributed by atoms with E-state index in [0.717, 1.165) is 24.4 Å². The van der Waals surface area contributed by atoms with Crippen LogP contribution in [-0.4, -0.2) is 36.0 Å². The highest BCUT2D eigenvalue weighted by molar-refractivity contribution is 5.94. The summed E-state index contributed by atoms with van der Waals surface area (Å²) in [5, 5.41) is 3.22. The molecule has 2 aliphatic rings. The van der Waals surface area contributed by atoms with Crippen molar-refractivity contribution >= 4 is 5.91 Å². The Labute approximate surface area is 134 Å². The van der Waals surface area contributed by atoms with Gasteiger partial charge in [0.25, 0.3) is 5.91 Å². The lowest BCUT2D eigenvalue weighted by Crippen LogP contribution is -2.45. The van der Waals surface area contributed by atoms with E-state index in [2.05, 4.69) is 10.2 Å². The molecule has 0 atom stereocenters. The first-order chi connectivity index (χ1) is 10.7. The van der Waals surface area contributed by atoms with Crippen LogP contribution in [0.4, 0.5) is 0 Å². The molecule has 2 fully saturated rings. The molecule has 1 aromatic carbocycles. The van der Waals surface area contributed by atoms with E-state index in [1.165, 1.54) is 50.8 Å². The molecule has 0 spiro atoms. The van der Waals surface area contributed by atoms with Gasteiger partial charge in [0.15, 0.2) is 0 Å². The average Bonchev–Trinajstić information content (AvgIpc) is 2.57. The lowest BCUT2D eigenvalue weighted by atomic mass is 9.89. The zero-order valence-corrected chi connectivity index (χ0v) is 13.7. The van der Waals surface area contributed by atoms with Crippen LogP contribution in [0.25, 0.3) is 0 Å². The third kappa shape index (κ3) is 3.89. The number of nitrogens with one attached hydrogen (secondary N) is 1. The molecule has 0 unspecified atom stereocenters. The van der Waals surface area contributed by atoms with E-state index in [-0.39, 0.29) is 5.91 Å². The molecule has 0 bridgehead atoms. The minimum absolute atomic E-state index is 0.0847. The van der Waals surface area contributed by atoms with Crippen LogP contribution in [0.2, 0.25) is 0 Å². The number of aryl methyl sites for hydroxylation is 1. The van der Waals surface area contributed by atoms with Gasteiger partial charge in [-0.25, -0.2) is 0 Å². The highest BCUT2D eigenvalue weighted by Crippen LogP contribution is 2.25. The van der Waals surface area contributed by atoms with Crippen LogP contribution >= 0.6 is 0 Å². The van der Waals surface area contributed by atoms with E-state index >= 15 is 0 Å². The van der Waals surface area contributed by atoms with E-state index in [1.54, 1.807) is 0 Å². The van der Waals surface area contributed by atoms with E-state index in [0.29, 0.717) is 6.04 Å². The van der Waals surface area contributed by atoms with Crippen LogP contribution in [0.3, 0.4) is 0 Å². The number of hydrogen-bond donors (Lipinski definition) is 1. The van der Waals surface area contributed by atoms with Gasteiger partial charge < -0.3 is 10.2 Å². The van der Waals surface area contributed by atoms with Crippen LogP contribution in [0.1, 0.15) is 60.9 Å². The third-order valence-electron chi connectivity index (χ3n) is 5.25. The number of carbonyl (C=O) groups is 1. The van der Waals surface area contributed by atoms with E-state index in [4.69, 9.17) is 0 Å². The van der Waals surface area contributed by atoms with Gasteiger partial charge in [-0.15, -0.1) is 0 Å². The number of hydrogen-bond acceptors (Lipinski definition) is 2. The Bertz CT molecular complexity index is 483. The Balaban J connectivity index is 1.47. The molecule has 1 heterocycles. The van der Waals surface area contributed by atoms with Crippen molar-refractivity contribution in [2.24, 2.45) is 0 Å². The predicted molar refractivity (Wildman–Crippen MR) is 90.1 cm³/mol. The van der Waals surface area contributed by atoms with Crippen molar-refractivity contribution in [3.8, 4) is 0 Å². The van der Waals surface area contributed by atoms with Gasteiger partial charge in [-0.1, -0.05) is 24.1 Å². The topological polar surface area (TPSA) is 32.3 Å². The summed E-state index contributed by atoms with van der Waals surface area (Å²) in [5.74, 6) is 0.0847. The van der Waals surface area contributed by atoms with Gasteiger partial charge in [0.1, 0.15) is 0 Å². The molecule has 1 aliphatic carbocycles. The number of likely N-dealkylation sites (tertiary alicyclic amines) is 1. The summed E-state index contributed by atoms with van der Waals surface area (Å²) in [6.45, 7) is 4.61. The molecule has 3 nitrogen and oxygen atoms in total. The SMILES string of the molecule is Cc1ccc(C(=O)NC2CCC(N3CCCCC3)CC2)cc1. The number of nitrogens with zero attached hydrogens (tertiary/aromatic N) is 1. The molecule has 22 heavy (non-hydrogen) atoms. The van der Waals surface area contributed by atoms with Crippen LogP contribution in [0, 0.1) is 6.92 Å². The van der Waals surface area contributed by atoms with Crippen molar-refractivity contribution in [1.82, 2.24) is 10.2 Å². The first kappa shape index (κ1) is 15.5. The van der Waals surface area contributed by atoms with Gasteiger partial charge in [0, 0.05) is 17.6 Å². The summed E-state index contributed by atoms with van der Waals surface area (Å²) in [6, 6.07) is 8.96. The average molecular weight is 300 g/mol. The van der Waals surface area contributed by atoms with Gasteiger partial charge >= 0.3 is 0 Å². The smallest absolute Gasteiger partial charge is 0.251 e. The number of carbonyl (C=O) groups excluding carboxylic acids is 1. The predicted octanol–water partition coefficient (Wildman–Crippen LogP) is 3.52. The summed E-state index contributed by atoms with van der Waals surface area (Å²) in [7, 11) is 0. The molecule has 1 saturated heterocycles. The molecular formula is C19H28N2O. The van der Waals surface area contributed by atoms with Crippen molar-refractivity contribution < 1.29 is 4.79 Å². The molecule has 0 aromatic heterocycles. The van der Waals surface area contributed by atoms with Crippen molar-refractivity contribution in [2.45, 2.75) is 64.0 Å². The molecule has 120 valence electrons. The number of benzene rings is 1. The molecular weight excluding hydrogens is 272 g/mol. The van der Waals surface area contributed by atoms with Crippen molar-refractivity contribution in [3.63, 3.8) is 0 Å². The summed E-state index contributed by atoms with van der Waals surface area (Å²) < 4.78 is 0. The number of rotatable bonds is 3. The quantitative estimate of drug-likeness (QED) is 0.926. The minimum Gasteiger partial charge on any atom is -0.349 e. The monoisotopic (exact) mass is 300 g/mol. The number of piperidine rings is 1. The van der Waals surface area contributed by atoms with Gasteiger partial charge in [0.2, 0.25) is 0 Å². The summed E-state index contributed by atoms with van der Waals surface area (Å²) in [4.78, 5) is 15.0. The molecule has 1 aliphatic heterocycles. The highest BCUT2D eigenvalue weighted by atomic mass is 16.1. The van der Waals surface area contributed by atoms with E-state index in [1.807, 2.05) is 31.2 Å². The van der Waals surface area contributed by atoms with Gasteiger partial charge in [-0.3, -0.25) is 4.79 Å². The van der Waals surface area contributed by atoms with Gasteiger partial charge in [-0.05, 0) is 70.7 Å². The Hall–Kier alpha value is -1.35. The number of amides is 1. The van der Waals surface area contributed by atoms with Crippen molar-refractivity contribution in [3.05, 3.63) is 35.4 Å². The van der Waals surface area contributed by atoms with Crippen LogP contribution in [0.15, 0.2) is 24.3 Å². The maximum atomic E-state index is 12.3. The standard InChI is InChI=1S/C19H28N2O/c1-15-5-7-16(8-6-15)19(22)20-17-9-11-18(12-10-17)21-13-3-2-4-14-21/h5-8,17-18H,2-4,9-14H2,1H3,(H,20,22). The molecule has 1 aromatic rings. The Kier molecular flexibility index (Phi) is 5.14. The normalized spacial score (nSPS) is 26.6. The van der Waals surface area contributed by atoms with Crippen LogP contribution in [0.5, 0.6) is 0 Å². The Morgan fingerprint density at radius 3 is 2.27 bits per heavy atom. The van der Waals surface area contributed by atoms with Crippen molar-refractivity contribution in [2.75, 3.05) is 13.1 Å². The molecule has 1 saturated carbocycles. The largest absolute Gasteiger partial charge is 0.349 e. The maximum Gasteiger partial charge on any atom is 0.251 e. The fourth-order valence-electron chi connectivity index (χ4n) is 3.84. The molecule has 3 rings (SSSR count). The first-order valence-corrected chi connectivity index (χ1v) is 8.84. The van der Waals surface area contributed by atoms with Crippen molar-refractivity contribution in [1.29, 1.82) is 0 Å². The molecule has 0 radical (unpaired) electrons. The second kappa shape index (κ2) is 7.28. The van der Waals surface area contributed by atoms with Crippen LogP contribution in [-0.2, 0) is 0 Å². The second-order valence-electron chi connectivity index (χ2n) is 6.94. The van der Waals surface area contributed by atoms with E-state index < -0.39 is 0 Å². The highest BCUT2D eigenvalue weighted by Gasteiger charge is 2.27.